The minimum Gasteiger partial charge on any atom is -0.300 e. The fourth-order valence-corrected chi connectivity index (χ4v) is 3.27. The molecule has 2 aromatic rings. The molecule has 1 aliphatic rings. The van der Waals surface area contributed by atoms with Gasteiger partial charge in [0.1, 0.15) is 0 Å². The van der Waals surface area contributed by atoms with Crippen molar-refractivity contribution in [2.75, 3.05) is 0 Å². The van der Waals surface area contributed by atoms with E-state index >= 15 is 0 Å². The highest BCUT2D eigenvalue weighted by atomic mass is 32.2. The lowest BCUT2D eigenvalue weighted by Gasteiger charge is -2.00. The van der Waals surface area contributed by atoms with Crippen molar-refractivity contribution in [1.29, 1.82) is 0 Å². The summed E-state index contributed by atoms with van der Waals surface area (Å²) in [4.78, 5) is 17.3. The van der Waals surface area contributed by atoms with Gasteiger partial charge in [-0.25, -0.2) is 4.99 Å². The normalized spacial score (nSPS) is 17.8. The van der Waals surface area contributed by atoms with E-state index in [1.807, 2.05) is 63.2 Å². The van der Waals surface area contributed by atoms with Crippen LogP contribution in [-0.4, -0.2) is 11.1 Å². The number of hydrogen-bond donors (Lipinski definition) is 1. The minimum absolute atomic E-state index is 0.0984. The van der Waals surface area contributed by atoms with Crippen molar-refractivity contribution in [3.8, 4) is 0 Å². The van der Waals surface area contributed by atoms with Crippen molar-refractivity contribution in [2.24, 2.45) is 4.99 Å². The van der Waals surface area contributed by atoms with Crippen LogP contribution >= 0.6 is 11.8 Å². The van der Waals surface area contributed by atoms with Gasteiger partial charge in [-0.2, -0.15) is 0 Å². The third-order valence-corrected chi connectivity index (χ3v) is 4.37. The quantitative estimate of drug-likeness (QED) is 0.827. The van der Waals surface area contributed by atoms with Gasteiger partial charge in [-0.05, 0) is 67.4 Å². The molecule has 1 N–H and O–H groups in total. The van der Waals surface area contributed by atoms with Crippen molar-refractivity contribution in [3.63, 3.8) is 0 Å². The van der Waals surface area contributed by atoms with Gasteiger partial charge in [0.25, 0.3) is 5.91 Å². The Labute approximate surface area is 140 Å². The Morgan fingerprint density at radius 2 is 1.61 bits per heavy atom. The molecule has 0 bridgehead atoms. The molecule has 0 atom stereocenters. The lowest BCUT2D eigenvalue weighted by atomic mass is 10.1. The van der Waals surface area contributed by atoms with Crippen LogP contribution in [0.25, 0.3) is 6.08 Å². The van der Waals surface area contributed by atoms with Gasteiger partial charge >= 0.3 is 0 Å². The zero-order valence-corrected chi connectivity index (χ0v) is 14.2. The molecular weight excluding hydrogens is 304 g/mol. The monoisotopic (exact) mass is 322 g/mol. The molecule has 0 aromatic heterocycles. The molecule has 0 aliphatic carbocycles. The molecule has 0 spiro atoms. The van der Waals surface area contributed by atoms with Crippen LogP contribution in [0.4, 0.5) is 5.69 Å². The minimum atomic E-state index is -0.0984. The number of amidine groups is 1. The summed E-state index contributed by atoms with van der Waals surface area (Å²) in [5, 5.41) is 3.45. The Hall–Kier alpha value is -2.33. The molecule has 1 amide bonds. The number of benzene rings is 2. The Balaban J connectivity index is 1.84. The number of nitrogens with one attached hydrogen (secondary N) is 1. The number of carbonyl (C=O) groups is 1. The summed E-state index contributed by atoms with van der Waals surface area (Å²) >= 11 is 1.37. The molecule has 3 rings (SSSR count). The van der Waals surface area contributed by atoms with E-state index in [-0.39, 0.29) is 5.91 Å². The van der Waals surface area contributed by atoms with E-state index in [2.05, 4.69) is 16.4 Å². The first kappa shape index (κ1) is 15.6. The summed E-state index contributed by atoms with van der Waals surface area (Å²) in [6.07, 6.45) is 1.89. The number of carbonyl (C=O) groups excluding carboxylic acids is 1. The summed E-state index contributed by atoms with van der Waals surface area (Å²) in [7, 11) is 0. The molecule has 1 aliphatic heterocycles. The molecule has 0 unspecified atom stereocenters. The van der Waals surface area contributed by atoms with Gasteiger partial charge in [0.15, 0.2) is 5.17 Å². The van der Waals surface area contributed by atoms with Crippen LogP contribution in [0.5, 0.6) is 0 Å². The van der Waals surface area contributed by atoms with E-state index in [1.54, 1.807) is 0 Å². The zero-order valence-electron chi connectivity index (χ0n) is 13.4. The predicted molar refractivity (Wildman–Crippen MR) is 97.9 cm³/mol. The lowest BCUT2D eigenvalue weighted by Crippen LogP contribution is -2.19. The summed E-state index contributed by atoms with van der Waals surface area (Å²) in [5.41, 5.74) is 5.40. The van der Waals surface area contributed by atoms with Gasteiger partial charge in [-0.15, -0.1) is 0 Å². The van der Waals surface area contributed by atoms with Gasteiger partial charge < -0.3 is 5.32 Å². The van der Waals surface area contributed by atoms with E-state index in [9.17, 15) is 4.79 Å². The van der Waals surface area contributed by atoms with Crippen LogP contribution in [0.2, 0.25) is 0 Å². The van der Waals surface area contributed by atoms with Crippen LogP contribution < -0.4 is 5.32 Å². The van der Waals surface area contributed by atoms with E-state index in [0.717, 1.165) is 22.4 Å². The maximum absolute atomic E-state index is 12.1. The molecule has 23 heavy (non-hydrogen) atoms. The highest BCUT2D eigenvalue weighted by Crippen LogP contribution is 2.28. The molecule has 116 valence electrons. The molecular formula is C19H18N2OS. The topological polar surface area (TPSA) is 41.5 Å². The molecule has 1 heterocycles. The Morgan fingerprint density at radius 1 is 0.957 bits per heavy atom. The number of thioether (sulfide) groups is 1. The van der Waals surface area contributed by atoms with Crippen molar-refractivity contribution < 1.29 is 4.79 Å². The first-order valence-corrected chi connectivity index (χ1v) is 8.26. The number of nitrogens with zero attached hydrogens (tertiary/aromatic N) is 1. The highest BCUT2D eigenvalue weighted by Gasteiger charge is 2.23. The lowest BCUT2D eigenvalue weighted by molar-refractivity contribution is -0.115. The van der Waals surface area contributed by atoms with Gasteiger partial charge in [-0.1, -0.05) is 35.9 Å². The van der Waals surface area contributed by atoms with Crippen molar-refractivity contribution in [1.82, 2.24) is 5.32 Å². The van der Waals surface area contributed by atoms with E-state index < -0.39 is 0 Å². The largest absolute Gasteiger partial charge is 0.300 e. The molecule has 1 fully saturated rings. The summed E-state index contributed by atoms with van der Waals surface area (Å²) in [5.74, 6) is -0.0984. The van der Waals surface area contributed by atoms with Crippen LogP contribution in [0, 0.1) is 20.8 Å². The number of rotatable bonds is 2. The Bertz CT molecular complexity index is 800. The van der Waals surface area contributed by atoms with Crippen LogP contribution in [-0.2, 0) is 4.79 Å². The van der Waals surface area contributed by atoms with Crippen LogP contribution in [0.3, 0.4) is 0 Å². The second-order valence-electron chi connectivity index (χ2n) is 5.74. The van der Waals surface area contributed by atoms with Crippen LogP contribution in [0.1, 0.15) is 22.3 Å². The molecule has 0 radical (unpaired) electrons. The smallest absolute Gasteiger partial charge is 0.264 e. The molecule has 0 saturated carbocycles. The fraction of sp³-hybridized carbons (Fsp3) is 0.158. The summed E-state index contributed by atoms with van der Waals surface area (Å²) in [6, 6.07) is 14.2. The molecule has 4 heteroatoms. The maximum Gasteiger partial charge on any atom is 0.264 e. The van der Waals surface area contributed by atoms with Gasteiger partial charge in [-0.3, -0.25) is 4.79 Å². The number of aryl methyl sites for hydroxylation is 3. The first-order valence-electron chi connectivity index (χ1n) is 7.44. The second kappa shape index (κ2) is 6.42. The number of aliphatic imine (C=N–C) groups is 1. The summed E-state index contributed by atoms with van der Waals surface area (Å²) < 4.78 is 0. The number of amides is 1. The summed E-state index contributed by atoms with van der Waals surface area (Å²) in [6.45, 7) is 6.13. The van der Waals surface area contributed by atoms with E-state index in [0.29, 0.717) is 10.1 Å². The van der Waals surface area contributed by atoms with Crippen molar-refractivity contribution in [3.05, 3.63) is 69.6 Å². The zero-order chi connectivity index (χ0) is 16.4. The van der Waals surface area contributed by atoms with Crippen molar-refractivity contribution >= 4 is 34.6 Å². The van der Waals surface area contributed by atoms with Crippen molar-refractivity contribution in [2.45, 2.75) is 20.8 Å². The molecule has 1 saturated heterocycles. The molecule has 3 nitrogen and oxygen atoms in total. The Kier molecular flexibility index (Phi) is 4.35. The Morgan fingerprint density at radius 3 is 2.26 bits per heavy atom. The van der Waals surface area contributed by atoms with Gasteiger partial charge in [0.2, 0.25) is 0 Å². The second-order valence-corrected chi connectivity index (χ2v) is 6.77. The SMILES string of the molecule is Cc1ccc(/C=C2/SC(=Nc3cc(C)cc(C)c3)NC2=O)cc1. The average molecular weight is 322 g/mol. The number of hydrogen-bond acceptors (Lipinski definition) is 3. The predicted octanol–water partition coefficient (Wildman–Crippen LogP) is 4.50. The van der Waals surface area contributed by atoms with E-state index in [1.165, 1.54) is 17.3 Å². The van der Waals surface area contributed by atoms with Crippen LogP contribution in [0.15, 0.2) is 52.4 Å². The van der Waals surface area contributed by atoms with E-state index in [4.69, 9.17) is 0 Å². The standard InChI is InChI=1S/C19H18N2OS/c1-12-4-6-15(7-5-12)11-17-18(22)21-19(23-17)20-16-9-13(2)8-14(3)10-16/h4-11H,1-3H3,(H,20,21,22)/b17-11+. The van der Waals surface area contributed by atoms with Gasteiger partial charge in [0.05, 0.1) is 10.6 Å². The third kappa shape index (κ3) is 3.90. The first-order chi connectivity index (χ1) is 11.0. The highest BCUT2D eigenvalue weighted by molar-refractivity contribution is 8.18. The fourth-order valence-electron chi connectivity index (χ4n) is 2.43. The molecule has 2 aromatic carbocycles. The average Bonchev–Trinajstić information content (AvgIpc) is 2.80. The maximum atomic E-state index is 12.1. The third-order valence-electron chi connectivity index (χ3n) is 3.46. The van der Waals surface area contributed by atoms with Gasteiger partial charge in [0, 0.05) is 0 Å².